The fraction of sp³-hybridized carbons (Fsp3) is 0.533. The van der Waals surface area contributed by atoms with Crippen molar-refractivity contribution >= 4 is 5.96 Å². The van der Waals surface area contributed by atoms with Crippen LogP contribution in [0.1, 0.15) is 26.2 Å². The van der Waals surface area contributed by atoms with Gasteiger partial charge >= 0.3 is 0 Å². The van der Waals surface area contributed by atoms with Crippen LogP contribution in [0.3, 0.4) is 0 Å². The summed E-state index contributed by atoms with van der Waals surface area (Å²) in [4.78, 5) is 4.16. The van der Waals surface area contributed by atoms with E-state index in [1.165, 1.54) is 18.9 Å². The van der Waals surface area contributed by atoms with Crippen LogP contribution in [0, 0.1) is 5.82 Å². The van der Waals surface area contributed by atoms with Crippen molar-refractivity contribution in [1.29, 1.82) is 0 Å². The summed E-state index contributed by atoms with van der Waals surface area (Å²) in [6.45, 7) is 2.61. The second-order valence-corrected chi connectivity index (χ2v) is 4.95. The molecule has 2 N–H and O–H groups in total. The minimum atomic E-state index is -0.327. The minimum Gasteiger partial charge on any atom is -0.486 e. The van der Waals surface area contributed by atoms with Gasteiger partial charge < -0.3 is 15.4 Å². The SMILES string of the molecule is CCC(CNC(=NC)NC1CC1)Oc1ccccc1F. The van der Waals surface area contributed by atoms with E-state index < -0.39 is 0 Å². The zero-order chi connectivity index (χ0) is 14.4. The maximum Gasteiger partial charge on any atom is 0.191 e. The summed E-state index contributed by atoms with van der Waals surface area (Å²) < 4.78 is 19.2. The van der Waals surface area contributed by atoms with Crippen molar-refractivity contribution < 1.29 is 9.13 Å². The highest BCUT2D eigenvalue weighted by Crippen LogP contribution is 2.19. The van der Waals surface area contributed by atoms with Crippen molar-refractivity contribution in [2.45, 2.75) is 38.3 Å². The molecular formula is C15H22FN3O. The molecule has 0 bridgehead atoms. The first-order valence-corrected chi connectivity index (χ1v) is 7.11. The molecule has 1 aliphatic carbocycles. The first kappa shape index (κ1) is 14.6. The van der Waals surface area contributed by atoms with Crippen LogP contribution in [0.15, 0.2) is 29.3 Å². The number of ether oxygens (including phenoxy) is 1. The van der Waals surface area contributed by atoms with Gasteiger partial charge in [-0.2, -0.15) is 0 Å². The van der Waals surface area contributed by atoms with Crippen LogP contribution < -0.4 is 15.4 Å². The van der Waals surface area contributed by atoms with Crippen LogP contribution in [-0.4, -0.2) is 31.7 Å². The first-order valence-electron chi connectivity index (χ1n) is 7.11. The summed E-state index contributed by atoms with van der Waals surface area (Å²) in [6.07, 6.45) is 3.10. The summed E-state index contributed by atoms with van der Waals surface area (Å²) in [5, 5.41) is 6.53. The molecule has 0 heterocycles. The van der Waals surface area contributed by atoms with Crippen LogP contribution >= 0.6 is 0 Å². The monoisotopic (exact) mass is 279 g/mol. The number of para-hydroxylation sites is 1. The summed E-state index contributed by atoms with van der Waals surface area (Å²) in [6, 6.07) is 7.03. The van der Waals surface area contributed by atoms with Gasteiger partial charge in [0.05, 0.1) is 6.54 Å². The number of rotatable bonds is 6. The molecule has 0 aromatic heterocycles. The fourth-order valence-corrected chi connectivity index (χ4v) is 1.82. The minimum absolute atomic E-state index is 0.0929. The Labute approximate surface area is 119 Å². The molecule has 1 fully saturated rings. The summed E-state index contributed by atoms with van der Waals surface area (Å²) in [5.41, 5.74) is 0. The molecule has 1 aliphatic rings. The molecule has 1 unspecified atom stereocenters. The third-order valence-corrected chi connectivity index (χ3v) is 3.22. The van der Waals surface area contributed by atoms with Gasteiger partial charge in [-0.15, -0.1) is 0 Å². The average Bonchev–Trinajstić information content (AvgIpc) is 3.27. The van der Waals surface area contributed by atoms with Gasteiger partial charge in [0.1, 0.15) is 6.10 Å². The van der Waals surface area contributed by atoms with E-state index in [9.17, 15) is 4.39 Å². The quantitative estimate of drug-likeness (QED) is 0.620. The van der Waals surface area contributed by atoms with Crippen molar-refractivity contribution in [2.24, 2.45) is 4.99 Å². The normalized spacial score (nSPS) is 16.6. The molecule has 0 saturated heterocycles. The topological polar surface area (TPSA) is 45.7 Å². The number of hydrogen-bond donors (Lipinski definition) is 2. The maximum atomic E-state index is 13.6. The molecule has 2 rings (SSSR count). The highest BCUT2D eigenvalue weighted by Gasteiger charge is 2.22. The lowest BCUT2D eigenvalue weighted by Crippen LogP contribution is -2.43. The highest BCUT2D eigenvalue weighted by molar-refractivity contribution is 5.80. The molecule has 0 radical (unpaired) electrons. The Kier molecular flexibility index (Phi) is 5.21. The number of benzene rings is 1. The van der Waals surface area contributed by atoms with Crippen LogP contribution in [0.5, 0.6) is 5.75 Å². The Bertz CT molecular complexity index is 460. The van der Waals surface area contributed by atoms with Crippen molar-refractivity contribution in [3.8, 4) is 5.75 Å². The van der Waals surface area contributed by atoms with Gasteiger partial charge in [0.2, 0.25) is 0 Å². The second-order valence-electron chi connectivity index (χ2n) is 4.95. The third-order valence-electron chi connectivity index (χ3n) is 3.22. The number of guanidine groups is 1. The fourth-order valence-electron chi connectivity index (χ4n) is 1.82. The Morgan fingerprint density at radius 1 is 1.45 bits per heavy atom. The van der Waals surface area contributed by atoms with Gasteiger partial charge in [-0.1, -0.05) is 19.1 Å². The van der Waals surface area contributed by atoms with E-state index in [0.29, 0.717) is 18.3 Å². The van der Waals surface area contributed by atoms with Crippen molar-refractivity contribution in [3.05, 3.63) is 30.1 Å². The lowest BCUT2D eigenvalue weighted by atomic mass is 10.2. The van der Waals surface area contributed by atoms with Gasteiger partial charge in [0.15, 0.2) is 17.5 Å². The van der Waals surface area contributed by atoms with Crippen LogP contribution in [0.2, 0.25) is 0 Å². The van der Waals surface area contributed by atoms with Crippen LogP contribution in [-0.2, 0) is 0 Å². The molecule has 20 heavy (non-hydrogen) atoms. The van der Waals surface area contributed by atoms with Crippen molar-refractivity contribution in [3.63, 3.8) is 0 Å². The van der Waals surface area contributed by atoms with E-state index in [-0.39, 0.29) is 11.9 Å². The molecular weight excluding hydrogens is 257 g/mol. The van der Waals surface area contributed by atoms with Crippen LogP contribution in [0.25, 0.3) is 0 Å². The predicted molar refractivity (Wildman–Crippen MR) is 78.6 cm³/mol. The van der Waals surface area contributed by atoms with E-state index in [1.54, 1.807) is 25.2 Å². The zero-order valence-corrected chi connectivity index (χ0v) is 12.0. The Hall–Kier alpha value is -1.78. The van der Waals surface area contributed by atoms with Crippen LogP contribution in [0.4, 0.5) is 4.39 Å². The number of halogens is 1. The van der Waals surface area contributed by atoms with Crippen molar-refractivity contribution in [2.75, 3.05) is 13.6 Å². The van der Waals surface area contributed by atoms with Gasteiger partial charge in [0.25, 0.3) is 0 Å². The maximum absolute atomic E-state index is 13.6. The average molecular weight is 279 g/mol. The third kappa shape index (κ3) is 4.40. The summed E-state index contributed by atoms with van der Waals surface area (Å²) >= 11 is 0. The first-order chi connectivity index (χ1) is 9.72. The number of aliphatic imine (C=N–C) groups is 1. The predicted octanol–water partition coefficient (Wildman–Crippen LogP) is 2.31. The van der Waals surface area contributed by atoms with Gasteiger partial charge in [0, 0.05) is 13.1 Å². The smallest absolute Gasteiger partial charge is 0.191 e. The Morgan fingerprint density at radius 3 is 2.80 bits per heavy atom. The number of nitrogens with one attached hydrogen (secondary N) is 2. The lowest BCUT2D eigenvalue weighted by molar-refractivity contribution is 0.191. The Balaban J connectivity index is 1.83. The van der Waals surface area contributed by atoms with E-state index in [2.05, 4.69) is 15.6 Å². The molecule has 1 saturated carbocycles. The molecule has 5 heteroatoms. The molecule has 0 spiro atoms. The standard InChI is InChI=1S/C15H22FN3O/c1-3-12(20-14-7-5-4-6-13(14)16)10-18-15(17-2)19-11-8-9-11/h4-7,11-12H,3,8-10H2,1-2H3,(H2,17,18,19). The van der Waals surface area contributed by atoms with E-state index in [0.717, 1.165) is 12.4 Å². The Morgan fingerprint density at radius 2 is 2.20 bits per heavy atom. The molecule has 4 nitrogen and oxygen atoms in total. The summed E-state index contributed by atoms with van der Waals surface area (Å²) in [7, 11) is 1.75. The largest absolute Gasteiger partial charge is 0.486 e. The molecule has 0 aliphatic heterocycles. The van der Waals surface area contributed by atoms with E-state index >= 15 is 0 Å². The number of hydrogen-bond acceptors (Lipinski definition) is 2. The summed E-state index contributed by atoms with van der Waals surface area (Å²) in [5.74, 6) is 0.751. The second kappa shape index (κ2) is 7.12. The highest BCUT2D eigenvalue weighted by atomic mass is 19.1. The molecule has 1 aromatic carbocycles. The molecule has 110 valence electrons. The van der Waals surface area contributed by atoms with Gasteiger partial charge in [-0.3, -0.25) is 4.99 Å². The van der Waals surface area contributed by atoms with E-state index in [4.69, 9.17) is 4.74 Å². The molecule has 1 aromatic rings. The van der Waals surface area contributed by atoms with Crippen molar-refractivity contribution in [1.82, 2.24) is 10.6 Å². The molecule has 0 amide bonds. The van der Waals surface area contributed by atoms with E-state index in [1.807, 2.05) is 6.92 Å². The number of nitrogens with zero attached hydrogens (tertiary/aromatic N) is 1. The van der Waals surface area contributed by atoms with Gasteiger partial charge in [-0.05, 0) is 31.4 Å². The molecule has 1 atom stereocenters. The van der Waals surface area contributed by atoms with Gasteiger partial charge in [-0.25, -0.2) is 4.39 Å². The lowest BCUT2D eigenvalue weighted by Gasteiger charge is -2.20. The zero-order valence-electron chi connectivity index (χ0n) is 12.0.